The SMILES string of the molecule is O=C(O)c1cccc(COc2ccc(Cl)c(F)c2)c1. The number of hydrogen-bond acceptors (Lipinski definition) is 2. The zero-order valence-electron chi connectivity index (χ0n) is 9.77. The van der Waals surface area contributed by atoms with E-state index in [1.807, 2.05) is 0 Å². The standard InChI is InChI=1S/C14H10ClFO3/c15-12-5-4-11(7-13(12)16)19-8-9-2-1-3-10(6-9)14(17)18/h1-7H,8H2,(H,17,18). The second-order valence-corrected chi connectivity index (χ2v) is 4.28. The summed E-state index contributed by atoms with van der Waals surface area (Å²) in [5.74, 6) is -1.22. The highest BCUT2D eigenvalue weighted by molar-refractivity contribution is 6.30. The molecule has 0 spiro atoms. The highest BCUT2D eigenvalue weighted by Gasteiger charge is 2.05. The molecule has 0 heterocycles. The highest BCUT2D eigenvalue weighted by Crippen LogP contribution is 2.21. The van der Waals surface area contributed by atoms with Crippen LogP contribution in [0.15, 0.2) is 42.5 Å². The first-order valence-electron chi connectivity index (χ1n) is 5.46. The minimum Gasteiger partial charge on any atom is -0.489 e. The molecule has 0 saturated carbocycles. The number of rotatable bonds is 4. The number of halogens is 2. The summed E-state index contributed by atoms with van der Waals surface area (Å²) < 4.78 is 18.6. The average Bonchev–Trinajstić information content (AvgIpc) is 2.40. The monoisotopic (exact) mass is 280 g/mol. The number of carboxylic acid groups (broad SMARTS) is 1. The molecule has 0 unspecified atom stereocenters. The second kappa shape index (κ2) is 5.71. The van der Waals surface area contributed by atoms with Gasteiger partial charge in [0.1, 0.15) is 18.2 Å². The van der Waals surface area contributed by atoms with E-state index < -0.39 is 11.8 Å². The summed E-state index contributed by atoms with van der Waals surface area (Å²) in [7, 11) is 0. The molecule has 5 heteroatoms. The summed E-state index contributed by atoms with van der Waals surface area (Å²) in [5, 5.41) is 8.88. The minimum atomic E-state index is -1.00. The van der Waals surface area contributed by atoms with E-state index in [-0.39, 0.29) is 17.2 Å². The van der Waals surface area contributed by atoms with Gasteiger partial charge in [-0.1, -0.05) is 23.7 Å². The van der Waals surface area contributed by atoms with E-state index in [1.54, 1.807) is 18.2 Å². The number of ether oxygens (including phenoxy) is 1. The van der Waals surface area contributed by atoms with Crippen LogP contribution in [0.5, 0.6) is 5.75 Å². The van der Waals surface area contributed by atoms with Crippen LogP contribution in [-0.4, -0.2) is 11.1 Å². The summed E-state index contributed by atoms with van der Waals surface area (Å²) >= 11 is 5.56. The van der Waals surface area contributed by atoms with Crippen LogP contribution in [0.3, 0.4) is 0 Å². The lowest BCUT2D eigenvalue weighted by Crippen LogP contribution is -2.00. The van der Waals surface area contributed by atoms with Crippen molar-refractivity contribution in [1.29, 1.82) is 0 Å². The van der Waals surface area contributed by atoms with Gasteiger partial charge in [0, 0.05) is 6.07 Å². The van der Waals surface area contributed by atoms with Gasteiger partial charge in [-0.25, -0.2) is 9.18 Å². The number of aromatic carboxylic acids is 1. The molecule has 19 heavy (non-hydrogen) atoms. The smallest absolute Gasteiger partial charge is 0.335 e. The van der Waals surface area contributed by atoms with Crippen LogP contribution in [0.2, 0.25) is 5.02 Å². The Bertz CT molecular complexity index is 613. The Morgan fingerprint density at radius 1 is 1.26 bits per heavy atom. The zero-order valence-corrected chi connectivity index (χ0v) is 10.5. The molecular formula is C14H10ClFO3. The molecule has 1 N–H and O–H groups in total. The molecule has 0 amide bonds. The Balaban J connectivity index is 2.07. The fourth-order valence-electron chi connectivity index (χ4n) is 1.53. The van der Waals surface area contributed by atoms with Crippen LogP contribution < -0.4 is 4.74 Å². The number of carboxylic acids is 1. The Morgan fingerprint density at radius 3 is 2.74 bits per heavy atom. The lowest BCUT2D eigenvalue weighted by Gasteiger charge is -2.07. The van der Waals surface area contributed by atoms with Gasteiger partial charge in [-0.2, -0.15) is 0 Å². The number of carbonyl (C=O) groups is 1. The molecule has 2 aromatic carbocycles. The van der Waals surface area contributed by atoms with Crippen molar-refractivity contribution in [2.45, 2.75) is 6.61 Å². The van der Waals surface area contributed by atoms with Crippen molar-refractivity contribution in [3.05, 3.63) is 64.4 Å². The van der Waals surface area contributed by atoms with Gasteiger partial charge >= 0.3 is 5.97 Å². The fourth-order valence-corrected chi connectivity index (χ4v) is 1.64. The largest absolute Gasteiger partial charge is 0.489 e. The minimum absolute atomic E-state index is 0.0280. The molecule has 0 aliphatic heterocycles. The summed E-state index contributed by atoms with van der Waals surface area (Å²) in [4.78, 5) is 10.8. The van der Waals surface area contributed by atoms with Crippen LogP contribution in [0.1, 0.15) is 15.9 Å². The molecule has 0 fully saturated rings. The summed E-state index contributed by atoms with van der Waals surface area (Å²) in [5.41, 5.74) is 0.874. The Hall–Kier alpha value is -2.07. The molecule has 0 saturated heterocycles. The maximum absolute atomic E-state index is 13.2. The van der Waals surface area contributed by atoms with Gasteiger partial charge in [0.15, 0.2) is 0 Å². The molecule has 2 rings (SSSR count). The summed E-state index contributed by atoms with van der Waals surface area (Å²) in [6.45, 7) is 0.155. The van der Waals surface area contributed by atoms with Crippen LogP contribution in [0.4, 0.5) is 4.39 Å². The third kappa shape index (κ3) is 3.45. The molecule has 0 aromatic heterocycles. The highest BCUT2D eigenvalue weighted by atomic mass is 35.5. The van der Waals surface area contributed by atoms with Crippen LogP contribution in [0.25, 0.3) is 0 Å². The summed E-state index contributed by atoms with van der Waals surface area (Å²) in [6, 6.07) is 10.5. The summed E-state index contributed by atoms with van der Waals surface area (Å²) in [6.07, 6.45) is 0. The van der Waals surface area contributed by atoms with Gasteiger partial charge < -0.3 is 9.84 Å². The number of benzene rings is 2. The third-order valence-electron chi connectivity index (χ3n) is 2.47. The maximum atomic E-state index is 13.2. The Labute approximate surface area is 114 Å². The Morgan fingerprint density at radius 2 is 2.05 bits per heavy atom. The predicted molar refractivity (Wildman–Crippen MR) is 69.1 cm³/mol. The fraction of sp³-hybridized carbons (Fsp3) is 0.0714. The van der Waals surface area contributed by atoms with Gasteiger partial charge in [-0.05, 0) is 29.8 Å². The zero-order chi connectivity index (χ0) is 13.8. The molecule has 3 nitrogen and oxygen atoms in total. The van der Waals surface area contributed by atoms with E-state index in [0.717, 1.165) is 0 Å². The third-order valence-corrected chi connectivity index (χ3v) is 2.78. The first kappa shape index (κ1) is 13.4. The first-order chi connectivity index (χ1) is 9.06. The van der Waals surface area contributed by atoms with Gasteiger partial charge in [-0.3, -0.25) is 0 Å². The molecule has 0 radical (unpaired) electrons. The van der Waals surface area contributed by atoms with Crippen molar-refractivity contribution in [2.75, 3.05) is 0 Å². The van der Waals surface area contributed by atoms with E-state index >= 15 is 0 Å². The van der Waals surface area contributed by atoms with E-state index in [0.29, 0.717) is 11.3 Å². The van der Waals surface area contributed by atoms with Crippen molar-refractivity contribution in [2.24, 2.45) is 0 Å². The normalized spacial score (nSPS) is 10.2. The first-order valence-corrected chi connectivity index (χ1v) is 5.84. The second-order valence-electron chi connectivity index (χ2n) is 3.87. The van der Waals surface area contributed by atoms with Crippen molar-refractivity contribution < 1.29 is 19.0 Å². The van der Waals surface area contributed by atoms with Gasteiger partial charge in [0.25, 0.3) is 0 Å². The van der Waals surface area contributed by atoms with Gasteiger partial charge in [-0.15, -0.1) is 0 Å². The van der Waals surface area contributed by atoms with Crippen molar-refractivity contribution in [3.8, 4) is 5.75 Å². The van der Waals surface area contributed by atoms with Gasteiger partial charge in [0.2, 0.25) is 0 Å². The maximum Gasteiger partial charge on any atom is 0.335 e. The molecule has 98 valence electrons. The molecule has 0 aliphatic carbocycles. The lowest BCUT2D eigenvalue weighted by atomic mass is 10.1. The van der Waals surface area contributed by atoms with E-state index in [1.165, 1.54) is 24.3 Å². The molecular weight excluding hydrogens is 271 g/mol. The van der Waals surface area contributed by atoms with E-state index in [9.17, 15) is 9.18 Å². The van der Waals surface area contributed by atoms with E-state index in [2.05, 4.69) is 0 Å². The average molecular weight is 281 g/mol. The van der Waals surface area contributed by atoms with E-state index in [4.69, 9.17) is 21.4 Å². The lowest BCUT2D eigenvalue weighted by molar-refractivity contribution is 0.0696. The molecule has 0 atom stereocenters. The topological polar surface area (TPSA) is 46.5 Å². The predicted octanol–water partition coefficient (Wildman–Crippen LogP) is 3.76. The Kier molecular flexibility index (Phi) is 4.02. The molecule has 2 aromatic rings. The van der Waals surface area contributed by atoms with Crippen LogP contribution in [0, 0.1) is 5.82 Å². The molecule has 0 aliphatic rings. The van der Waals surface area contributed by atoms with Crippen molar-refractivity contribution >= 4 is 17.6 Å². The molecule has 0 bridgehead atoms. The number of hydrogen-bond donors (Lipinski definition) is 1. The van der Waals surface area contributed by atoms with Crippen molar-refractivity contribution in [3.63, 3.8) is 0 Å². The van der Waals surface area contributed by atoms with Crippen molar-refractivity contribution in [1.82, 2.24) is 0 Å². The quantitative estimate of drug-likeness (QED) is 0.927. The van der Waals surface area contributed by atoms with Crippen LogP contribution in [-0.2, 0) is 6.61 Å². The van der Waals surface area contributed by atoms with Gasteiger partial charge in [0.05, 0.1) is 10.6 Å². The van der Waals surface area contributed by atoms with Crippen LogP contribution >= 0.6 is 11.6 Å².